The molecule has 0 aromatic heterocycles. The fourth-order valence-corrected chi connectivity index (χ4v) is 3.56. The number of rotatable bonds is 3. The van der Waals surface area contributed by atoms with Crippen LogP contribution in [0.15, 0.2) is 18.2 Å². The molecule has 2 aliphatic carbocycles. The van der Waals surface area contributed by atoms with Crippen molar-refractivity contribution in [3.05, 3.63) is 18.2 Å². The van der Waals surface area contributed by atoms with Crippen LogP contribution in [0.2, 0.25) is 0 Å². The van der Waals surface area contributed by atoms with Gasteiger partial charge in [0.2, 0.25) is 5.91 Å². The van der Waals surface area contributed by atoms with Crippen LogP contribution in [0.4, 0.5) is 11.4 Å². The largest absolute Gasteiger partial charge is 0.497 e. The number of nitrogens with one attached hydrogen (secondary N) is 1. The highest BCUT2D eigenvalue weighted by Gasteiger charge is 2.43. The molecule has 2 aliphatic rings. The lowest BCUT2D eigenvalue weighted by Gasteiger charge is -2.21. The standard InChI is InChI=1S/C15H20N2O2/c1-19-11-4-5-13(16)14(8-11)17-15(18)12-7-9-2-3-10(12)6-9/h4-5,8-10,12H,2-3,6-7,16H2,1H3,(H,17,18). The molecule has 0 radical (unpaired) electrons. The maximum Gasteiger partial charge on any atom is 0.227 e. The molecule has 1 aromatic rings. The van der Waals surface area contributed by atoms with Gasteiger partial charge >= 0.3 is 0 Å². The molecule has 0 spiro atoms. The summed E-state index contributed by atoms with van der Waals surface area (Å²) < 4.78 is 5.16. The van der Waals surface area contributed by atoms with Gasteiger partial charge in [-0.3, -0.25) is 4.79 Å². The predicted molar refractivity (Wildman–Crippen MR) is 75.0 cm³/mol. The van der Waals surface area contributed by atoms with E-state index < -0.39 is 0 Å². The van der Waals surface area contributed by atoms with E-state index in [9.17, 15) is 4.79 Å². The average Bonchev–Trinajstić information content (AvgIpc) is 3.03. The van der Waals surface area contributed by atoms with Crippen molar-refractivity contribution in [2.24, 2.45) is 17.8 Å². The molecular weight excluding hydrogens is 240 g/mol. The molecule has 0 aliphatic heterocycles. The third-order valence-corrected chi connectivity index (χ3v) is 4.59. The van der Waals surface area contributed by atoms with Crippen molar-refractivity contribution in [2.45, 2.75) is 25.7 Å². The van der Waals surface area contributed by atoms with Crippen LogP contribution in [-0.4, -0.2) is 13.0 Å². The van der Waals surface area contributed by atoms with Gasteiger partial charge in [0.25, 0.3) is 0 Å². The molecule has 0 saturated heterocycles. The molecule has 4 nitrogen and oxygen atoms in total. The van der Waals surface area contributed by atoms with Gasteiger partial charge in [0.15, 0.2) is 0 Å². The number of nitrogens with two attached hydrogens (primary N) is 1. The van der Waals surface area contributed by atoms with Crippen LogP contribution in [0.25, 0.3) is 0 Å². The molecule has 3 atom stereocenters. The monoisotopic (exact) mass is 260 g/mol. The van der Waals surface area contributed by atoms with Gasteiger partial charge in [0, 0.05) is 12.0 Å². The number of hydrogen-bond acceptors (Lipinski definition) is 3. The van der Waals surface area contributed by atoms with Crippen LogP contribution < -0.4 is 15.8 Å². The van der Waals surface area contributed by atoms with Crippen LogP contribution in [-0.2, 0) is 4.79 Å². The molecule has 102 valence electrons. The smallest absolute Gasteiger partial charge is 0.227 e. The minimum absolute atomic E-state index is 0.118. The van der Waals surface area contributed by atoms with E-state index in [0.717, 1.165) is 12.3 Å². The zero-order valence-electron chi connectivity index (χ0n) is 11.2. The molecule has 2 bridgehead atoms. The second-order valence-corrected chi connectivity index (χ2v) is 5.72. The van der Waals surface area contributed by atoms with E-state index >= 15 is 0 Å². The third kappa shape index (κ3) is 2.27. The summed E-state index contributed by atoms with van der Waals surface area (Å²) in [6.45, 7) is 0. The van der Waals surface area contributed by atoms with Crippen LogP contribution in [0.3, 0.4) is 0 Å². The highest BCUT2D eigenvalue weighted by atomic mass is 16.5. The molecule has 3 rings (SSSR count). The molecule has 2 fully saturated rings. The van der Waals surface area contributed by atoms with E-state index in [0.29, 0.717) is 23.0 Å². The number of anilines is 2. The van der Waals surface area contributed by atoms with Crippen molar-refractivity contribution in [2.75, 3.05) is 18.2 Å². The fourth-order valence-electron chi connectivity index (χ4n) is 3.56. The number of benzene rings is 1. The summed E-state index contributed by atoms with van der Waals surface area (Å²) in [5.41, 5.74) is 7.14. The van der Waals surface area contributed by atoms with Gasteiger partial charge in [0.05, 0.1) is 18.5 Å². The number of fused-ring (bicyclic) bond motifs is 2. The highest BCUT2D eigenvalue weighted by Crippen LogP contribution is 2.48. The second-order valence-electron chi connectivity index (χ2n) is 5.72. The lowest BCUT2D eigenvalue weighted by Crippen LogP contribution is -2.27. The van der Waals surface area contributed by atoms with E-state index in [2.05, 4.69) is 5.32 Å². The second kappa shape index (κ2) is 4.76. The Morgan fingerprint density at radius 3 is 2.84 bits per heavy atom. The molecule has 1 amide bonds. The van der Waals surface area contributed by atoms with Crippen molar-refractivity contribution >= 4 is 17.3 Å². The topological polar surface area (TPSA) is 64.3 Å². The van der Waals surface area contributed by atoms with Crippen molar-refractivity contribution < 1.29 is 9.53 Å². The number of nitrogen functional groups attached to an aromatic ring is 1. The van der Waals surface area contributed by atoms with Crippen LogP contribution >= 0.6 is 0 Å². The number of ether oxygens (including phenoxy) is 1. The maximum absolute atomic E-state index is 12.3. The normalized spacial score (nSPS) is 28.4. The first-order chi connectivity index (χ1) is 9.17. The Morgan fingerprint density at radius 2 is 2.21 bits per heavy atom. The van der Waals surface area contributed by atoms with Gasteiger partial charge in [-0.1, -0.05) is 6.42 Å². The molecule has 3 unspecified atom stereocenters. The first kappa shape index (κ1) is 12.3. The van der Waals surface area contributed by atoms with E-state index in [1.807, 2.05) is 0 Å². The number of hydrogen-bond donors (Lipinski definition) is 2. The van der Waals surface area contributed by atoms with Crippen molar-refractivity contribution in [1.82, 2.24) is 0 Å². The van der Waals surface area contributed by atoms with Crippen molar-refractivity contribution in [1.29, 1.82) is 0 Å². The fraction of sp³-hybridized carbons (Fsp3) is 0.533. The Hall–Kier alpha value is -1.71. The summed E-state index contributed by atoms with van der Waals surface area (Å²) in [6.07, 6.45) is 4.78. The van der Waals surface area contributed by atoms with Gasteiger partial charge in [-0.15, -0.1) is 0 Å². The predicted octanol–water partition coefficient (Wildman–Crippen LogP) is 2.65. The summed E-state index contributed by atoms with van der Waals surface area (Å²) in [7, 11) is 1.60. The summed E-state index contributed by atoms with van der Waals surface area (Å²) in [5.74, 6) is 2.34. The summed E-state index contributed by atoms with van der Waals surface area (Å²) >= 11 is 0. The number of carbonyl (C=O) groups excluding carboxylic acids is 1. The zero-order chi connectivity index (χ0) is 13.4. The quantitative estimate of drug-likeness (QED) is 0.821. The lowest BCUT2D eigenvalue weighted by atomic mass is 9.88. The number of carbonyl (C=O) groups is 1. The van der Waals surface area contributed by atoms with Crippen molar-refractivity contribution in [3.8, 4) is 5.75 Å². The molecule has 19 heavy (non-hydrogen) atoms. The van der Waals surface area contributed by atoms with E-state index in [4.69, 9.17) is 10.5 Å². The lowest BCUT2D eigenvalue weighted by molar-refractivity contribution is -0.121. The molecule has 1 aromatic carbocycles. The van der Waals surface area contributed by atoms with Gasteiger partial charge < -0.3 is 15.8 Å². The first-order valence-corrected chi connectivity index (χ1v) is 6.91. The van der Waals surface area contributed by atoms with E-state index in [1.165, 1.54) is 19.3 Å². The summed E-state index contributed by atoms with van der Waals surface area (Å²) in [6, 6.07) is 5.33. The Bertz CT molecular complexity index is 501. The molecular formula is C15H20N2O2. The van der Waals surface area contributed by atoms with E-state index in [-0.39, 0.29) is 11.8 Å². The summed E-state index contributed by atoms with van der Waals surface area (Å²) in [4.78, 5) is 12.3. The van der Waals surface area contributed by atoms with Gasteiger partial charge in [-0.2, -0.15) is 0 Å². The highest BCUT2D eigenvalue weighted by molar-refractivity contribution is 5.96. The molecule has 0 heterocycles. The van der Waals surface area contributed by atoms with Crippen LogP contribution in [0, 0.1) is 17.8 Å². The van der Waals surface area contributed by atoms with Crippen molar-refractivity contribution in [3.63, 3.8) is 0 Å². The Labute approximate surface area is 113 Å². The number of amides is 1. The van der Waals surface area contributed by atoms with E-state index in [1.54, 1.807) is 25.3 Å². The summed E-state index contributed by atoms with van der Waals surface area (Å²) in [5, 5.41) is 2.97. The van der Waals surface area contributed by atoms with Gasteiger partial charge in [-0.05, 0) is 43.2 Å². The minimum atomic E-state index is 0.118. The maximum atomic E-state index is 12.3. The average molecular weight is 260 g/mol. The molecule has 3 N–H and O–H groups in total. The number of methoxy groups -OCH3 is 1. The minimum Gasteiger partial charge on any atom is -0.497 e. The van der Waals surface area contributed by atoms with Crippen LogP contribution in [0.5, 0.6) is 5.75 Å². The first-order valence-electron chi connectivity index (χ1n) is 6.91. The van der Waals surface area contributed by atoms with Gasteiger partial charge in [0.1, 0.15) is 5.75 Å². The zero-order valence-corrected chi connectivity index (χ0v) is 11.2. The van der Waals surface area contributed by atoms with Crippen LogP contribution in [0.1, 0.15) is 25.7 Å². The molecule has 4 heteroatoms. The Morgan fingerprint density at radius 1 is 1.37 bits per heavy atom. The Kier molecular flexibility index (Phi) is 3.09. The third-order valence-electron chi connectivity index (χ3n) is 4.59. The SMILES string of the molecule is COc1ccc(N)c(NC(=O)C2CC3CCC2C3)c1. The molecule has 2 saturated carbocycles. The Balaban J connectivity index is 1.72. The van der Waals surface area contributed by atoms with Gasteiger partial charge in [-0.25, -0.2) is 0 Å².